The zero-order chi connectivity index (χ0) is 12.0. The van der Waals surface area contributed by atoms with Gasteiger partial charge in [-0.05, 0) is 0 Å². The van der Waals surface area contributed by atoms with Gasteiger partial charge in [0.1, 0.15) is 0 Å². The van der Waals surface area contributed by atoms with Crippen LogP contribution in [0.1, 0.15) is 0 Å². The first kappa shape index (κ1) is 11.4. The first-order chi connectivity index (χ1) is 7.61. The predicted octanol–water partition coefficient (Wildman–Crippen LogP) is -1.61. The first-order valence-corrected chi connectivity index (χ1v) is 3.91. The monoisotopic (exact) mass is 220 g/mol. The Hall–Kier alpha value is -2.64. The second-order valence-corrected chi connectivity index (χ2v) is 2.33. The molecule has 16 heavy (non-hydrogen) atoms. The second-order valence-electron chi connectivity index (χ2n) is 2.33. The molecule has 0 unspecified atom stereocenters. The molecule has 80 valence electrons. The third-order valence-corrected chi connectivity index (χ3v) is 1.27. The molecule has 0 N–H and O–H groups in total. The average Bonchev–Trinajstić information content (AvgIpc) is 2.28. The Labute approximate surface area is 88.5 Å². The number of amides is 4. The molecule has 0 aliphatic carbocycles. The molecule has 0 fully saturated rings. The molecule has 0 saturated carbocycles. The topological polar surface area (TPSA) is 118 Å². The number of carbonyl (C=O) groups excluding carboxylic acids is 4. The summed E-state index contributed by atoms with van der Waals surface area (Å²) < 4.78 is 0. The SMILES string of the molecule is O=C1N=CC=NC1=O.O=C1N=CC=NC1=O. The summed E-state index contributed by atoms with van der Waals surface area (Å²) in [6, 6.07) is 0. The molecule has 0 radical (unpaired) electrons. The van der Waals surface area contributed by atoms with E-state index in [0.717, 1.165) is 0 Å². The van der Waals surface area contributed by atoms with Gasteiger partial charge in [0.25, 0.3) is 0 Å². The minimum atomic E-state index is -0.799. The van der Waals surface area contributed by atoms with Crippen LogP contribution in [0.15, 0.2) is 20.0 Å². The van der Waals surface area contributed by atoms with Crippen molar-refractivity contribution in [3.8, 4) is 0 Å². The molecule has 0 aromatic heterocycles. The van der Waals surface area contributed by atoms with Crippen LogP contribution >= 0.6 is 0 Å². The molecule has 0 bridgehead atoms. The average molecular weight is 220 g/mol. The van der Waals surface area contributed by atoms with Crippen molar-refractivity contribution in [2.45, 2.75) is 0 Å². The Morgan fingerprint density at radius 3 is 0.812 bits per heavy atom. The highest BCUT2D eigenvalue weighted by molar-refractivity contribution is 6.44. The lowest BCUT2D eigenvalue weighted by Gasteiger charge is -1.87. The smallest absolute Gasteiger partial charge is 0.261 e. The van der Waals surface area contributed by atoms with E-state index in [2.05, 4.69) is 20.0 Å². The summed E-state index contributed by atoms with van der Waals surface area (Å²) in [4.78, 5) is 53.1. The summed E-state index contributed by atoms with van der Waals surface area (Å²) >= 11 is 0. The van der Waals surface area contributed by atoms with Crippen molar-refractivity contribution in [3.05, 3.63) is 0 Å². The van der Waals surface area contributed by atoms with Crippen molar-refractivity contribution in [2.75, 3.05) is 0 Å². The van der Waals surface area contributed by atoms with Crippen molar-refractivity contribution < 1.29 is 19.2 Å². The van der Waals surface area contributed by atoms with Gasteiger partial charge in [-0.25, -0.2) is 20.0 Å². The van der Waals surface area contributed by atoms with Crippen LogP contribution in [0.5, 0.6) is 0 Å². The van der Waals surface area contributed by atoms with E-state index >= 15 is 0 Å². The van der Waals surface area contributed by atoms with Gasteiger partial charge in [0.15, 0.2) is 0 Å². The molecular weight excluding hydrogens is 216 g/mol. The lowest BCUT2D eigenvalue weighted by molar-refractivity contribution is -0.135. The summed E-state index contributed by atoms with van der Waals surface area (Å²) in [5.41, 5.74) is 0. The standard InChI is InChI=1S/2C4H2N2O2/c2*7-3-4(8)6-2-1-5-3/h2*1-2H. The lowest BCUT2D eigenvalue weighted by Crippen LogP contribution is -2.12. The van der Waals surface area contributed by atoms with Crippen LogP contribution in [-0.4, -0.2) is 48.5 Å². The minimum absolute atomic E-state index is 0.799. The quantitative estimate of drug-likeness (QED) is 0.456. The third kappa shape index (κ3) is 3.25. The highest BCUT2D eigenvalue weighted by atomic mass is 16.2. The Kier molecular flexibility index (Phi) is 3.78. The van der Waals surface area contributed by atoms with Gasteiger partial charge in [-0.3, -0.25) is 19.2 Å². The van der Waals surface area contributed by atoms with Crippen LogP contribution in [0, 0.1) is 0 Å². The molecule has 0 atom stereocenters. The van der Waals surface area contributed by atoms with Crippen LogP contribution in [0.4, 0.5) is 0 Å². The molecule has 0 aromatic carbocycles. The molecule has 4 amide bonds. The van der Waals surface area contributed by atoms with Crippen LogP contribution in [-0.2, 0) is 19.2 Å². The Morgan fingerprint density at radius 2 is 0.688 bits per heavy atom. The number of hydrogen-bond donors (Lipinski definition) is 0. The van der Waals surface area contributed by atoms with Crippen molar-refractivity contribution in [1.82, 2.24) is 0 Å². The zero-order valence-electron chi connectivity index (χ0n) is 7.73. The number of rotatable bonds is 0. The summed E-state index contributed by atoms with van der Waals surface area (Å²) in [5.74, 6) is -3.19. The molecule has 2 aliphatic rings. The van der Waals surface area contributed by atoms with Crippen molar-refractivity contribution >= 4 is 48.5 Å². The Balaban J connectivity index is 0.000000160. The Bertz CT molecular complexity index is 384. The van der Waals surface area contributed by atoms with Gasteiger partial charge < -0.3 is 0 Å². The number of nitrogens with zero attached hydrogens (tertiary/aromatic N) is 4. The first-order valence-electron chi connectivity index (χ1n) is 3.91. The Morgan fingerprint density at radius 1 is 0.500 bits per heavy atom. The fraction of sp³-hybridized carbons (Fsp3) is 0. The second kappa shape index (κ2) is 5.29. The van der Waals surface area contributed by atoms with E-state index in [1.165, 1.54) is 24.9 Å². The maximum atomic E-state index is 10.1. The fourth-order valence-electron chi connectivity index (χ4n) is 0.625. The van der Waals surface area contributed by atoms with Crippen LogP contribution in [0.2, 0.25) is 0 Å². The zero-order valence-corrected chi connectivity index (χ0v) is 7.73. The molecule has 0 aromatic rings. The maximum absolute atomic E-state index is 10.1. The van der Waals surface area contributed by atoms with Gasteiger partial charge in [-0.15, -0.1) is 0 Å². The number of carbonyl (C=O) groups is 4. The molecular formula is C8H4N4O4. The molecule has 0 spiro atoms. The minimum Gasteiger partial charge on any atom is -0.261 e. The highest BCUT2D eigenvalue weighted by Crippen LogP contribution is 1.83. The summed E-state index contributed by atoms with van der Waals surface area (Å²) in [5, 5.41) is 0. The van der Waals surface area contributed by atoms with Crippen LogP contribution in [0.3, 0.4) is 0 Å². The van der Waals surface area contributed by atoms with Gasteiger partial charge in [0, 0.05) is 24.9 Å². The van der Waals surface area contributed by atoms with E-state index in [-0.39, 0.29) is 0 Å². The molecule has 0 saturated heterocycles. The largest absolute Gasteiger partial charge is 0.337 e. The van der Waals surface area contributed by atoms with Crippen LogP contribution in [0.25, 0.3) is 0 Å². The normalized spacial score (nSPS) is 17.5. The van der Waals surface area contributed by atoms with Gasteiger partial charge in [0.2, 0.25) is 0 Å². The summed E-state index contributed by atoms with van der Waals surface area (Å²) in [6.07, 6.45) is 4.74. The van der Waals surface area contributed by atoms with Crippen molar-refractivity contribution in [3.63, 3.8) is 0 Å². The van der Waals surface area contributed by atoms with E-state index < -0.39 is 23.6 Å². The highest BCUT2D eigenvalue weighted by Gasteiger charge is 2.11. The van der Waals surface area contributed by atoms with Gasteiger partial charge >= 0.3 is 23.6 Å². The molecule has 2 heterocycles. The molecule has 2 aliphatic heterocycles. The van der Waals surface area contributed by atoms with Crippen LogP contribution < -0.4 is 0 Å². The predicted molar refractivity (Wildman–Crippen MR) is 54.0 cm³/mol. The molecule has 8 nitrogen and oxygen atoms in total. The number of aliphatic imine (C=N–C) groups is 4. The summed E-state index contributed by atoms with van der Waals surface area (Å²) in [6.45, 7) is 0. The van der Waals surface area contributed by atoms with E-state index in [4.69, 9.17) is 0 Å². The van der Waals surface area contributed by atoms with Gasteiger partial charge in [-0.2, -0.15) is 0 Å². The molecule has 2 rings (SSSR count). The lowest BCUT2D eigenvalue weighted by atomic mass is 10.5. The molecule has 8 heteroatoms. The maximum Gasteiger partial charge on any atom is 0.337 e. The van der Waals surface area contributed by atoms with Crippen molar-refractivity contribution in [1.29, 1.82) is 0 Å². The van der Waals surface area contributed by atoms with Crippen molar-refractivity contribution in [2.24, 2.45) is 20.0 Å². The van der Waals surface area contributed by atoms with E-state index in [0.29, 0.717) is 0 Å². The third-order valence-electron chi connectivity index (χ3n) is 1.27. The fourth-order valence-corrected chi connectivity index (χ4v) is 0.625. The van der Waals surface area contributed by atoms with E-state index in [9.17, 15) is 19.2 Å². The van der Waals surface area contributed by atoms with Gasteiger partial charge in [0.05, 0.1) is 0 Å². The van der Waals surface area contributed by atoms with E-state index in [1.54, 1.807) is 0 Å². The number of hydrogen-bond acceptors (Lipinski definition) is 4. The summed E-state index contributed by atoms with van der Waals surface area (Å²) in [7, 11) is 0. The van der Waals surface area contributed by atoms with E-state index in [1.807, 2.05) is 0 Å². The van der Waals surface area contributed by atoms with Gasteiger partial charge in [-0.1, -0.05) is 0 Å².